The van der Waals surface area contributed by atoms with E-state index in [4.69, 9.17) is 9.47 Å². The normalized spacial score (nSPS) is 10.5. The van der Waals surface area contributed by atoms with E-state index in [1.165, 1.54) is 36.4 Å². The first-order valence-corrected chi connectivity index (χ1v) is 15.0. The molecule has 6 rings (SSSR count). The molecule has 48 heavy (non-hydrogen) atoms. The number of carbonyl (C=O) groups is 5. The van der Waals surface area contributed by atoms with Gasteiger partial charge in [-0.15, -0.1) is 0 Å². The average Bonchev–Trinajstić information content (AvgIpc) is 3.15. The fourth-order valence-electron chi connectivity index (χ4n) is 5.08. The van der Waals surface area contributed by atoms with Gasteiger partial charge in [0.2, 0.25) is 0 Å². The van der Waals surface area contributed by atoms with Crippen LogP contribution in [0.1, 0.15) is 63.7 Å². The highest BCUT2D eigenvalue weighted by atomic mass is 16.7. The van der Waals surface area contributed by atoms with Crippen LogP contribution in [-0.2, 0) is 0 Å². The van der Waals surface area contributed by atoms with Gasteiger partial charge >= 0.3 is 6.16 Å². The second-order valence-corrected chi connectivity index (χ2v) is 10.7. The van der Waals surface area contributed by atoms with Crippen molar-refractivity contribution in [1.82, 2.24) is 0 Å². The van der Waals surface area contributed by atoms with E-state index < -0.39 is 17.7 Å². The van der Waals surface area contributed by atoms with E-state index in [-0.39, 0.29) is 45.3 Å². The van der Waals surface area contributed by atoms with Crippen LogP contribution in [-0.4, -0.2) is 29.3 Å². The molecule has 232 valence electrons. The minimum Gasteiger partial charge on any atom is -0.394 e. The highest BCUT2D eigenvalue weighted by Crippen LogP contribution is 2.28. The molecule has 0 N–H and O–H groups in total. The fourth-order valence-corrected chi connectivity index (χ4v) is 5.08. The van der Waals surface area contributed by atoms with E-state index in [1.807, 2.05) is 0 Å². The summed E-state index contributed by atoms with van der Waals surface area (Å²) in [6, 6.07) is 42.2. The average molecular weight is 631 g/mol. The molecule has 0 unspecified atom stereocenters. The van der Waals surface area contributed by atoms with E-state index in [0.29, 0.717) is 22.3 Å². The lowest BCUT2D eigenvalue weighted by Gasteiger charge is -2.14. The molecule has 0 radical (unpaired) electrons. The minimum absolute atomic E-state index is 0.0377. The van der Waals surface area contributed by atoms with E-state index in [2.05, 4.69) is 0 Å². The quantitative estimate of drug-likeness (QED) is 0.0854. The molecule has 0 bridgehead atoms. The maximum Gasteiger partial charge on any atom is 0.519 e. The molecule has 7 nitrogen and oxygen atoms in total. The van der Waals surface area contributed by atoms with E-state index in [0.717, 1.165) is 0 Å². The molecule has 0 aliphatic heterocycles. The summed E-state index contributed by atoms with van der Waals surface area (Å²) < 4.78 is 11.1. The molecule has 7 heteroatoms. The van der Waals surface area contributed by atoms with E-state index in [1.54, 1.807) is 121 Å². The monoisotopic (exact) mass is 630 g/mol. The van der Waals surface area contributed by atoms with Crippen molar-refractivity contribution in [3.8, 4) is 11.5 Å². The molecule has 0 amide bonds. The Balaban J connectivity index is 1.33. The topological polar surface area (TPSA) is 104 Å². The molecule has 6 aromatic rings. The van der Waals surface area contributed by atoms with Crippen molar-refractivity contribution in [2.24, 2.45) is 0 Å². The van der Waals surface area contributed by atoms with Gasteiger partial charge in [-0.3, -0.25) is 19.2 Å². The zero-order valence-corrected chi connectivity index (χ0v) is 25.4. The van der Waals surface area contributed by atoms with E-state index >= 15 is 0 Å². The molecular formula is C41H26O7. The first-order valence-electron chi connectivity index (χ1n) is 15.0. The molecular weight excluding hydrogens is 604 g/mol. The minimum atomic E-state index is -1.23. The van der Waals surface area contributed by atoms with Crippen molar-refractivity contribution in [2.75, 3.05) is 0 Å². The van der Waals surface area contributed by atoms with Gasteiger partial charge in [-0.2, -0.15) is 0 Å². The van der Waals surface area contributed by atoms with Crippen LogP contribution in [0.5, 0.6) is 11.5 Å². The number of hydrogen-bond acceptors (Lipinski definition) is 7. The van der Waals surface area contributed by atoms with Crippen LogP contribution < -0.4 is 9.47 Å². The largest absolute Gasteiger partial charge is 0.519 e. The molecule has 0 heterocycles. The lowest BCUT2D eigenvalue weighted by atomic mass is 9.96. The maximum absolute atomic E-state index is 13.6. The number of ketones is 4. The van der Waals surface area contributed by atoms with Crippen LogP contribution in [0.2, 0.25) is 0 Å². The van der Waals surface area contributed by atoms with E-state index in [9.17, 15) is 24.0 Å². The van der Waals surface area contributed by atoms with Gasteiger partial charge in [0.1, 0.15) is 11.5 Å². The van der Waals surface area contributed by atoms with Gasteiger partial charge in [0.25, 0.3) is 0 Å². The zero-order chi connectivity index (χ0) is 33.5. The Morgan fingerprint density at radius 1 is 0.312 bits per heavy atom. The first-order chi connectivity index (χ1) is 23.4. The van der Waals surface area contributed by atoms with Crippen LogP contribution in [0, 0.1) is 0 Å². The molecule has 0 fully saturated rings. The number of rotatable bonds is 10. The summed E-state index contributed by atoms with van der Waals surface area (Å²) in [4.78, 5) is 67.0. The Morgan fingerprint density at radius 2 is 0.604 bits per heavy atom. The maximum atomic E-state index is 13.6. The molecule has 0 saturated heterocycles. The van der Waals surface area contributed by atoms with Gasteiger partial charge in [0.15, 0.2) is 23.1 Å². The van der Waals surface area contributed by atoms with Crippen molar-refractivity contribution < 1.29 is 33.4 Å². The van der Waals surface area contributed by atoms with Crippen molar-refractivity contribution in [1.29, 1.82) is 0 Å². The molecule has 0 aromatic heterocycles. The van der Waals surface area contributed by atoms with Gasteiger partial charge in [-0.25, -0.2) is 4.79 Å². The summed E-state index contributed by atoms with van der Waals surface area (Å²) in [6.45, 7) is 0. The molecule has 0 saturated carbocycles. The first kappa shape index (κ1) is 31.3. The van der Waals surface area contributed by atoms with Crippen molar-refractivity contribution in [3.63, 3.8) is 0 Å². The van der Waals surface area contributed by atoms with Gasteiger partial charge < -0.3 is 9.47 Å². The van der Waals surface area contributed by atoms with Gasteiger partial charge in [0.05, 0.1) is 11.1 Å². The number of benzene rings is 6. The number of hydrogen-bond donors (Lipinski definition) is 0. The Hall–Kier alpha value is -6.73. The van der Waals surface area contributed by atoms with Crippen LogP contribution in [0.3, 0.4) is 0 Å². The van der Waals surface area contributed by atoms with Crippen LogP contribution in [0.25, 0.3) is 0 Å². The third kappa shape index (κ3) is 6.90. The van der Waals surface area contributed by atoms with Crippen molar-refractivity contribution in [3.05, 3.63) is 202 Å². The van der Waals surface area contributed by atoms with Crippen molar-refractivity contribution in [2.45, 2.75) is 0 Å². The number of carbonyl (C=O) groups excluding carboxylic acids is 5. The fraction of sp³-hybridized carbons (Fsp3) is 0. The van der Waals surface area contributed by atoms with Crippen LogP contribution in [0.15, 0.2) is 158 Å². The third-order valence-corrected chi connectivity index (χ3v) is 7.50. The number of ether oxygens (including phenoxy) is 2. The van der Waals surface area contributed by atoms with Crippen LogP contribution >= 0.6 is 0 Å². The zero-order valence-electron chi connectivity index (χ0n) is 25.4. The Bertz CT molecular complexity index is 1990. The predicted octanol–water partition coefficient (Wildman–Crippen LogP) is 8.19. The highest BCUT2D eigenvalue weighted by molar-refractivity contribution is 6.16. The predicted molar refractivity (Wildman–Crippen MR) is 179 cm³/mol. The Morgan fingerprint density at radius 3 is 0.917 bits per heavy atom. The van der Waals surface area contributed by atoms with Gasteiger partial charge in [-0.05, 0) is 36.4 Å². The smallest absolute Gasteiger partial charge is 0.394 e. The Kier molecular flexibility index (Phi) is 9.21. The lowest BCUT2D eigenvalue weighted by Crippen LogP contribution is -2.18. The van der Waals surface area contributed by atoms with Gasteiger partial charge in [-0.1, -0.05) is 121 Å². The second-order valence-electron chi connectivity index (χ2n) is 10.7. The summed E-state index contributed by atoms with van der Waals surface area (Å²) in [5, 5.41) is 0. The standard InChI is InChI=1S/C41H26O7/c42-37(27-13-5-1-6-14-27)31-21-23-35(33(25-31)39(44)29-17-9-3-10-18-29)47-41(46)48-36-24-22-32(38(43)28-15-7-2-8-16-28)26-34(36)40(45)30-19-11-4-12-20-30/h1-26H. The molecule has 0 spiro atoms. The lowest BCUT2D eigenvalue weighted by molar-refractivity contribution is 0.102. The molecule has 0 aliphatic rings. The summed E-state index contributed by atoms with van der Waals surface area (Å²) in [6.07, 6.45) is -1.23. The Labute approximate surface area is 276 Å². The summed E-state index contributed by atoms with van der Waals surface area (Å²) in [7, 11) is 0. The van der Waals surface area contributed by atoms with Crippen LogP contribution in [0.4, 0.5) is 4.79 Å². The SMILES string of the molecule is O=C(Oc1ccc(C(=O)c2ccccc2)cc1C(=O)c1ccccc1)Oc1ccc(C(=O)c2ccccc2)cc1C(=O)c1ccccc1. The van der Waals surface area contributed by atoms with Gasteiger partial charge in [0, 0.05) is 33.4 Å². The summed E-state index contributed by atoms with van der Waals surface area (Å²) >= 11 is 0. The molecule has 0 aliphatic carbocycles. The molecule has 6 aromatic carbocycles. The molecule has 0 atom stereocenters. The van der Waals surface area contributed by atoms with Crippen molar-refractivity contribution >= 4 is 29.3 Å². The summed E-state index contributed by atoms with van der Waals surface area (Å²) in [5.41, 5.74) is 1.84. The highest BCUT2D eigenvalue weighted by Gasteiger charge is 2.24. The summed E-state index contributed by atoms with van der Waals surface area (Å²) in [5.74, 6) is -1.90. The third-order valence-electron chi connectivity index (χ3n) is 7.50. The second kappa shape index (κ2) is 14.1.